The molecule has 1 rings (SSSR count). The molecule has 1 aromatic carbocycles. The van der Waals surface area contributed by atoms with E-state index in [9.17, 15) is 11.9 Å². The van der Waals surface area contributed by atoms with Crippen LogP contribution in [0.25, 0.3) is 0 Å². The third kappa shape index (κ3) is 9.69. The summed E-state index contributed by atoms with van der Waals surface area (Å²) in [5.41, 5.74) is 0.569. The van der Waals surface area contributed by atoms with Crippen LogP contribution >= 0.6 is 0 Å². The fourth-order valence-electron chi connectivity index (χ4n) is 0.807. The van der Waals surface area contributed by atoms with Crippen molar-refractivity contribution in [3.8, 4) is 0 Å². The molecule has 0 aromatic heterocycles. The molecule has 0 heterocycles. The van der Waals surface area contributed by atoms with Gasteiger partial charge >= 0.3 is 170 Å². The van der Waals surface area contributed by atoms with Gasteiger partial charge in [-0.1, -0.05) is 0 Å². The van der Waals surface area contributed by atoms with Crippen molar-refractivity contribution >= 4 is 14.2 Å². The normalized spacial score (nSPS) is 9.69. The first-order valence-corrected chi connectivity index (χ1v) is 6.75. The molecule has 0 saturated heterocycles. The summed E-state index contributed by atoms with van der Waals surface area (Å²) in [7, 11) is 0. The van der Waals surface area contributed by atoms with E-state index >= 15 is 0 Å². The molecule has 3 nitrogen and oxygen atoms in total. The molecule has 0 fully saturated rings. The topological polar surface area (TPSA) is 63.2 Å². The van der Waals surface area contributed by atoms with Crippen molar-refractivity contribution in [3.63, 3.8) is 0 Å². The summed E-state index contributed by atoms with van der Waals surface area (Å²) in [6, 6.07) is 8.45. The van der Waals surface area contributed by atoms with E-state index in [1.165, 1.54) is 0 Å². The molecule has 6 heteroatoms. The standard InChI is InChI=1S/C7H9AsO3.2K/c9-8(10,11)6-7-4-2-1-3-5-7;;/h1-5H,6H2,(H2,9,10,11);;/q;2*+1/p-2. The quantitative estimate of drug-likeness (QED) is 0.509. The summed E-state index contributed by atoms with van der Waals surface area (Å²) in [6.07, 6.45) is 0. The van der Waals surface area contributed by atoms with Crippen LogP contribution in [0.5, 0.6) is 0 Å². The van der Waals surface area contributed by atoms with Crippen molar-refractivity contribution in [2.24, 2.45) is 0 Å². The van der Waals surface area contributed by atoms with Crippen molar-refractivity contribution in [2.45, 2.75) is 5.21 Å². The third-order valence-corrected chi connectivity index (χ3v) is 2.80. The van der Waals surface area contributed by atoms with Gasteiger partial charge < -0.3 is 0 Å². The van der Waals surface area contributed by atoms with Crippen molar-refractivity contribution in [2.75, 3.05) is 0 Å². The Labute approximate surface area is 166 Å². The average molecular weight is 292 g/mol. The molecule has 0 unspecified atom stereocenters. The molecule has 0 saturated carbocycles. The first-order chi connectivity index (χ1) is 5.08. The number of benzene rings is 1. The van der Waals surface area contributed by atoms with Crippen molar-refractivity contribution in [1.29, 1.82) is 0 Å². The molecule has 0 aliphatic rings. The van der Waals surface area contributed by atoms with Crippen molar-refractivity contribution in [1.82, 2.24) is 0 Å². The molecular weight excluding hydrogens is 285 g/mol. The Kier molecular flexibility index (Phi) is 12.4. The Morgan fingerprint density at radius 1 is 1.08 bits per heavy atom. The molecule has 0 spiro atoms. The number of hydrogen-bond donors (Lipinski definition) is 0. The number of rotatable bonds is 2. The van der Waals surface area contributed by atoms with Crippen molar-refractivity contribution in [3.05, 3.63) is 35.9 Å². The Bertz CT molecular complexity index is 272. The molecule has 0 N–H and O–H groups in total. The van der Waals surface area contributed by atoms with E-state index in [-0.39, 0.29) is 108 Å². The van der Waals surface area contributed by atoms with Crippen LogP contribution < -0.4 is 111 Å². The van der Waals surface area contributed by atoms with Crippen LogP contribution in [0, 0.1) is 0 Å². The first kappa shape index (κ1) is 18.1. The van der Waals surface area contributed by atoms with E-state index in [0.717, 1.165) is 0 Å². The molecule has 0 bridgehead atoms. The second-order valence-electron chi connectivity index (χ2n) is 2.25. The zero-order valence-corrected chi connectivity index (χ0v) is 15.9. The van der Waals surface area contributed by atoms with Crippen LogP contribution in [-0.2, 0) is 8.95 Å². The van der Waals surface area contributed by atoms with Crippen LogP contribution in [0.4, 0.5) is 0 Å². The van der Waals surface area contributed by atoms with Gasteiger partial charge in [0.25, 0.3) is 0 Å². The van der Waals surface area contributed by atoms with E-state index in [0.29, 0.717) is 5.56 Å². The Morgan fingerprint density at radius 3 is 1.92 bits per heavy atom. The largest absolute Gasteiger partial charge is 1.00 e. The summed E-state index contributed by atoms with van der Waals surface area (Å²) in [5.74, 6) is 0. The Balaban J connectivity index is 0. The van der Waals surface area contributed by atoms with Gasteiger partial charge in [-0.2, -0.15) is 0 Å². The maximum atomic E-state index is 10.3. The van der Waals surface area contributed by atoms with Gasteiger partial charge in [0.1, 0.15) is 0 Å². The molecule has 0 aliphatic heterocycles. The van der Waals surface area contributed by atoms with Gasteiger partial charge in [0.05, 0.1) is 0 Å². The molecule has 0 atom stereocenters. The van der Waals surface area contributed by atoms with Gasteiger partial charge in [-0.05, 0) is 0 Å². The van der Waals surface area contributed by atoms with Crippen LogP contribution in [0.2, 0.25) is 0 Å². The minimum Gasteiger partial charge on any atom is 1.00 e. The fraction of sp³-hybridized carbons (Fsp3) is 0.143. The monoisotopic (exact) mass is 292 g/mol. The minimum absolute atomic E-state index is 0. The predicted molar refractivity (Wildman–Crippen MR) is 36.6 cm³/mol. The van der Waals surface area contributed by atoms with E-state index in [1.54, 1.807) is 30.3 Å². The summed E-state index contributed by atoms with van der Waals surface area (Å²) in [4.78, 5) is 0. The van der Waals surface area contributed by atoms with E-state index in [2.05, 4.69) is 0 Å². The van der Waals surface area contributed by atoms with Crippen LogP contribution in [0.3, 0.4) is 0 Å². The first-order valence-electron chi connectivity index (χ1n) is 3.13. The van der Waals surface area contributed by atoms with Gasteiger partial charge in [0.15, 0.2) is 0 Å². The molecule has 0 radical (unpaired) electrons. The van der Waals surface area contributed by atoms with Crippen LogP contribution in [0.15, 0.2) is 30.3 Å². The van der Waals surface area contributed by atoms with Gasteiger partial charge in [-0.25, -0.2) is 0 Å². The van der Waals surface area contributed by atoms with Crippen LogP contribution in [0.1, 0.15) is 5.56 Å². The van der Waals surface area contributed by atoms with Crippen LogP contribution in [-0.4, -0.2) is 14.2 Å². The molecular formula is C7H7AsK2O3. The summed E-state index contributed by atoms with van der Waals surface area (Å²) >= 11 is -4.96. The smallest absolute Gasteiger partial charge is 1.00 e. The maximum Gasteiger partial charge on any atom is 1.00 e. The molecule has 60 valence electrons. The molecule has 1 aromatic rings. The fourth-order valence-corrected chi connectivity index (χ4v) is 2.19. The predicted octanol–water partition coefficient (Wildman–Crippen LogP) is -7.13. The molecule has 0 amide bonds. The van der Waals surface area contributed by atoms with Crippen molar-refractivity contribution < 1.29 is 115 Å². The Morgan fingerprint density at radius 2 is 1.54 bits per heavy atom. The molecule has 13 heavy (non-hydrogen) atoms. The zero-order chi connectivity index (χ0) is 8.32. The average Bonchev–Trinajstić information content (AvgIpc) is 1.85. The second-order valence-corrected chi connectivity index (χ2v) is 5.48. The summed E-state index contributed by atoms with van der Waals surface area (Å²) < 4.78 is 31.0. The van der Waals surface area contributed by atoms with E-state index in [4.69, 9.17) is 0 Å². The van der Waals surface area contributed by atoms with Gasteiger partial charge in [0, 0.05) is 0 Å². The van der Waals surface area contributed by atoms with Gasteiger partial charge in [0.2, 0.25) is 0 Å². The van der Waals surface area contributed by atoms with E-state index in [1.807, 2.05) is 0 Å². The maximum absolute atomic E-state index is 10.3. The minimum atomic E-state index is -4.96. The number of hydrogen-bond acceptors (Lipinski definition) is 3. The second kappa shape index (κ2) is 8.87. The summed E-state index contributed by atoms with van der Waals surface area (Å²) in [6.45, 7) is 0. The third-order valence-electron chi connectivity index (χ3n) is 1.22. The van der Waals surface area contributed by atoms with Gasteiger partial charge in [-0.15, -0.1) is 0 Å². The SMILES string of the molecule is O=[As]([O-])([O-])Cc1ccccc1.[K+].[K+]. The van der Waals surface area contributed by atoms with E-state index < -0.39 is 14.2 Å². The zero-order valence-electron chi connectivity index (χ0n) is 7.77. The summed E-state index contributed by atoms with van der Waals surface area (Å²) in [5, 5.41) is -0.334. The molecule has 0 aliphatic carbocycles. The Hall–Kier alpha value is 2.77. The van der Waals surface area contributed by atoms with Gasteiger partial charge in [-0.3, -0.25) is 0 Å².